The van der Waals surface area contributed by atoms with Gasteiger partial charge in [0.25, 0.3) is 0 Å². The lowest BCUT2D eigenvalue weighted by molar-refractivity contribution is -0.126. The number of nitrogens with one attached hydrogen (secondary N) is 1. The Balaban J connectivity index is 1.23. The Morgan fingerprint density at radius 3 is 2.33 bits per heavy atom. The fraction of sp³-hybridized carbons (Fsp3) is 0.286. The van der Waals surface area contributed by atoms with Gasteiger partial charge in [-0.05, 0) is 79.8 Å². The summed E-state index contributed by atoms with van der Waals surface area (Å²) in [6, 6.07) is 22.4. The molecule has 0 aliphatic carbocycles. The lowest BCUT2D eigenvalue weighted by Crippen LogP contribution is -2.42. The SMILES string of the molecule is Cc1ccc(S(=O)(=O)N2CCC(C(=O)N/N=C/c3ccc(OCc4ccccc4C)cc3)CC2)cc1. The first-order chi connectivity index (χ1) is 17.3. The van der Waals surface area contributed by atoms with Gasteiger partial charge in [0.2, 0.25) is 15.9 Å². The van der Waals surface area contributed by atoms with Crippen LogP contribution in [0, 0.1) is 19.8 Å². The molecule has 1 fully saturated rings. The van der Waals surface area contributed by atoms with E-state index in [1.54, 1.807) is 30.5 Å². The summed E-state index contributed by atoms with van der Waals surface area (Å²) in [7, 11) is -3.54. The summed E-state index contributed by atoms with van der Waals surface area (Å²) < 4.78 is 33.0. The van der Waals surface area contributed by atoms with Gasteiger partial charge in [0.1, 0.15) is 12.4 Å². The highest BCUT2D eigenvalue weighted by molar-refractivity contribution is 7.89. The minimum atomic E-state index is -3.54. The number of hydrazone groups is 1. The second-order valence-electron chi connectivity index (χ2n) is 9.01. The number of sulfonamides is 1. The summed E-state index contributed by atoms with van der Waals surface area (Å²) >= 11 is 0. The van der Waals surface area contributed by atoms with E-state index in [-0.39, 0.29) is 16.7 Å². The van der Waals surface area contributed by atoms with Crippen LogP contribution in [0.25, 0.3) is 0 Å². The van der Waals surface area contributed by atoms with Crippen LogP contribution < -0.4 is 10.2 Å². The van der Waals surface area contributed by atoms with Crippen LogP contribution in [-0.2, 0) is 21.4 Å². The molecule has 3 aromatic rings. The fourth-order valence-corrected chi connectivity index (χ4v) is 5.53. The van der Waals surface area contributed by atoms with Crippen molar-refractivity contribution in [2.24, 2.45) is 11.0 Å². The summed E-state index contributed by atoms with van der Waals surface area (Å²) in [6.45, 7) is 5.09. The van der Waals surface area contributed by atoms with Gasteiger partial charge in [0.05, 0.1) is 11.1 Å². The zero-order chi connectivity index (χ0) is 25.5. The zero-order valence-electron chi connectivity index (χ0n) is 20.6. The Morgan fingerprint density at radius 2 is 1.67 bits per heavy atom. The Morgan fingerprint density at radius 1 is 1.00 bits per heavy atom. The molecule has 1 aliphatic heterocycles. The Bertz CT molecular complexity index is 1310. The molecule has 0 unspecified atom stereocenters. The van der Waals surface area contributed by atoms with Gasteiger partial charge in [0.15, 0.2) is 0 Å². The third-order valence-corrected chi connectivity index (χ3v) is 8.32. The van der Waals surface area contributed by atoms with Crippen molar-refractivity contribution in [1.29, 1.82) is 0 Å². The van der Waals surface area contributed by atoms with Gasteiger partial charge in [-0.2, -0.15) is 9.41 Å². The summed E-state index contributed by atoms with van der Waals surface area (Å²) in [4.78, 5) is 12.8. The Hall–Kier alpha value is -3.49. The lowest BCUT2D eigenvalue weighted by Gasteiger charge is -2.30. The van der Waals surface area contributed by atoms with Crippen LogP contribution in [0.2, 0.25) is 0 Å². The van der Waals surface area contributed by atoms with Gasteiger partial charge in [-0.15, -0.1) is 0 Å². The molecule has 0 spiro atoms. The van der Waals surface area contributed by atoms with Crippen LogP contribution >= 0.6 is 0 Å². The number of ether oxygens (including phenoxy) is 1. The van der Waals surface area contributed by atoms with Gasteiger partial charge in [0, 0.05) is 19.0 Å². The molecule has 0 radical (unpaired) electrons. The molecule has 0 saturated carbocycles. The highest BCUT2D eigenvalue weighted by Crippen LogP contribution is 2.24. The van der Waals surface area contributed by atoms with Gasteiger partial charge in [-0.1, -0.05) is 42.0 Å². The van der Waals surface area contributed by atoms with Crippen molar-refractivity contribution in [2.75, 3.05) is 13.1 Å². The molecular weight excluding hydrogens is 474 g/mol. The third-order valence-electron chi connectivity index (χ3n) is 6.41. The maximum atomic E-state index is 12.8. The molecule has 1 N–H and O–H groups in total. The summed E-state index contributed by atoms with van der Waals surface area (Å²) in [5.74, 6) is 0.285. The fourth-order valence-electron chi connectivity index (χ4n) is 4.06. The molecule has 4 rings (SSSR count). The average molecular weight is 506 g/mol. The number of hydrogen-bond donors (Lipinski definition) is 1. The Kier molecular flexibility index (Phi) is 8.18. The van der Waals surface area contributed by atoms with E-state index in [0.29, 0.717) is 32.5 Å². The van der Waals surface area contributed by atoms with Crippen LogP contribution in [0.1, 0.15) is 35.1 Å². The molecule has 1 aliphatic rings. The van der Waals surface area contributed by atoms with E-state index in [1.807, 2.05) is 49.4 Å². The van der Waals surface area contributed by atoms with E-state index in [0.717, 1.165) is 22.4 Å². The number of nitrogens with zero attached hydrogens (tertiary/aromatic N) is 2. The number of benzene rings is 3. The maximum Gasteiger partial charge on any atom is 0.243 e. The lowest BCUT2D eigenvalue weighted by atomic mass is 9.98. The van der Waals surface area contributed by atoms with Crippen molar-refractivity contribution >= 4 is 22.1 Å². The molecular formula is C28H31N3O4S. The molecule has 36 heavy (non-hydrogen) atoms. The largest absolute Gasteiger partial charge is 0.489 e. The van der Waals surface area contributed by atoms with E-state index in [2.05, 4.69) is 23.5 Å². The van der Waals surface area contributed by atoms with Crippen LogP contribution in [0.3, 0.4) is 0 Å². The van der Waals surface area contributed by atoms with Gasteiger partial charge < -0.3 is 4.74 Å². The Labute approximate surface area is 212 Å². The van der Waals surface area contributed by atoms with Crippen LogP contribution in [0.5, 0.6) is 5.75 Å². The quantitative estimate of drug-likeness (QED) is 0.362. The van der Waals surface area contributed by atoms with E-state index < -0.39 is 10.0 Å². The van der Waals surface area contributed by atoms with Crippen molar-refractivity contribution in [3.8, 4) is 5.75 Å². The number of hydrogen-bond acceptors (Lipinski definition) is 5. The standard InChI is InChI=1S/C28H31N3O4S/c1-21-7-13-27(14-8-21)36(33,34)31-17-15-24(16-18-31)28(32)30-29-19-23-9-11-26(12-10-23)35-20-25-6-4-3-5-22(25)2/h3-14,19,24H,15-18,20H2,1-2H3,(H,30,32)/b29-19+. The number of piperidine rings is 1. The second-order valence-corrected chi connectivity index (χ2v) is 10.9. The van der Waals surface area contributed by atoms with Crippen LogP contribution in [0.15, 0.2) is 82.8 Å². The smallest absolute Gasteiger partial charge is 0.243 e. The molecule has 0 atom stereocenters. The molecule has 7 nitrogen and oxygen atoms in total. The third kappa shape index (κ3) is 6.38. The minimum absolute atomic E-state index is 0.197. The van der Waals surface area contributed by atoms with Gasteiger partial charge in [-0.25, -0.2) is 13.8 Å². The van der Waals surface area contributed by atoms with Crippen molar-refractivity contribution in [3.63, 3.8) is 0 Å². The molecule has 1 amide bonds. The molecule has 3 aromatic carbocycles. The number of aryl methyl sites for hydroxylation is 2. The summed E-state index contributed by atoms with van der Waals surface area (Å²) in [5, 5.41) is 4.08. The molecule has 1 heterocycles. The van der Waals surface area contributed by atoms with E-state index in [1.165, 1.54) is 9.87 Å². The number of carbonyl (C=O) groups is 1. The first-order valence-corrected chi connectivity index (χ1v) is 13.4. The molecule has 0 aromatic heterocycles. The topological polar surface area (TPSA) is 88.1 Å². The van der Waals surface area contributed by atoms with E-state index in [4.69, 9.17) is 4.74 Å². The van der Waals surface area contributed by atoms with Crippen LogP contribution in [0.4, 0.5) is 0 Å². The highest BCUT2D eigenvalue weighted by atomic mass is 32.2. The number of rotatable bonds is 8. The maximum absolute atomic E-state index is 12.8. The van der Waals surface area contributed by atoms with Crippen molar-refractivity contribution < 1.29 is 17.9 Å². The normalized spacial score (nSPS) is 15.2. The molecule has 188 valence electrons. The zero-order valence-corrected chi connectivity index (χ0v) is 21.4. The van der Waals surface area contributed by atoms with Crippen molar-refractivity contribution in [2.45, 2.75) is 38.2 Å². The first kappa shape index (κ1) is 25.6. The van der Waals surface area contributed by atoms with Crippen LogP contribution in [-0.4, -0.2) is 37.9 Å². The predicted octanol–water partition coefficient (Wildman–Crippen LogP) is 4.43. The highest BCUT2D eigenvalue weighted by Gasteiger charge is 2.32. The molecule has 0 bridgehead atoms. The van der Waals surface area contributed by atoms with Gasteiger partial charge in [-0.3, -0.25) is 4.79 Å². The predicted molar refractivity (Wildman–Crippen MR) is 140 cm³/mol. The first-order valence-electron chi connectivity index (χ1n) is 12.0. The summed E-state index contributed by atoms with van der Waals surface area (Å²) in [5.41, 5.74) is 6.76. The monoisotopic (exact) mass is 505 g/mol. The molecule has 1 saturated heterocycles. The van der Waals surface area contributed by atoms with Gasteiger partial charge >= 0.3 is 0 Å². The van der Waals surface area contributed by atoms with E-state index in [9.17, 15) is 13.2 Å². The minimum Gasteiger partial charge on any atom is -0.489 e. The molecule has 8 heteroatoms. The van der Waals surface area contributed by atoms with E-state index >= 15 is 0 Å². The summed E-state index contributed by atoms with van der Waals surface area (Å²) in [6.07, 6.45) is 2.50. The average Bonchev–Trinajstić information content (AvgIpc) is 2.89. The number of amides is 1. The van der Waals surface area contributed by atoms with Crippen molar-refractivity contribution in [3.05, 3.63) is 95.1 Å². The number of carbonyl (C=O) groups excluding carboxylic acids is 1. The second kappa shape index (κ2) is 11.5. The van der Waals surface area contributed by atoms with Crippen molar-refractivity contribution in [1.82, 2.24) is 9.73 Å².